The number of aromatic nitrogens is 4. The molecule has 0 spiro atoms. The largest absolute Gasteiger partial charge is 0.307 e. The molecule has 1 aliphatic rings. The molecule has 0 aromatic carbocycles. The number of fused-ring (bicyclic) bond motifs is 1. The molecule has 0 saturated heterocycles. The highest BCUT2D eigenvalue weighted by Crippen LogP contribution is 2.19. The van der Waals surface area contributed by atoms with Gasteiger partial charge in [-0.1, -0.05) is 0 Å². The Morgan fingerprint density at radius 1 is 1.38 bits per heavy atom. The Bertz CT molecular complexity index is 526. The maximum atomic E-state index is 4.43. The molecule has 5 nitrogen and oxygen atoms in total. The summed E-state index contributed by atoms with van der Waals surface area (Å²) in [6, 6.07) is 2.65. The average Bonchev–Trinajstić information content (AvgIpc) is 2.96. The van der Waals surface area contributed by atoms with Gasteiger partial charge in [0.25, 0.3) is 0 Å². The molecule has 1 N–H and O–H groups in total. The van der Waals surface area contributed by atoms with E-state index in [-0.39, 0.29) is 0 Å². The summed E-state index contributed by atoms with van der Waals surface area (Å²) >= 11 is 0. The van der Waals surface area contributed by atoms with Gasteiger partial charge in [0.1, 0.15) is 5.82 Å². The third kappa shape index (κ3) is 1.67. The van der Waals surface area contributed by atoms with E-state index in [0.717, 1.165) is 29.5 Å². The van der Waals surface area contributed by atoms with Crippen molar-refractivity contribution in [1.29, 1.82) is 0 Å². The zero-order valence-electron chi connectivity index (χ0n) is 9.56. The van der Waals surface area contributed by atoms with E-state index in [1.165, 1.54) is 12.8 Å². The summed E-state index contributed by atoms with van der Waals surface area (Å²) in [6.45, 7) is 4.74. The van der Waals surface area contributed by atoms with Crippen LogP contribution in [0.5, 0.6) is 0 Å². The van der Waals surface area contributed by atoms with Gasteiger partial charge in [-0.2, -0.15) is 0 Å². The molecular formula is C11H15N5. The zero-order valence-corrected chi connectivity index (χ0v) is 9.56. The maximum Gasteiger partial charge on any atom is 0.164 e. The first-order chi connectivity index (χ1) is 7.74. The minimum absolute atomic E-state index is 0.686. The van der Waals surface area contributed by atoms with E-state index in [2.05, 4.69) is 20.5 Å². The maximum absolute atomic E-state index is 4.43. The molecular weight excluding hydrogens is 202 g/mol. The van der Waals surface area contributed by atoms with Gasteiger partial charge in [-0.05, 0) is 26.7 Å². The van der Waals surface area contributed by atoms with Gasteiger partial charge in [0.05, 0.1) is 6.54 Å². The molecule has 0 aliphatic heterocycles. The van der Waals surface area contributed by atoms with Crippen LogP contribution in [0.25, 0.3) is 5.65 Å². The van der Waals surface area contributed by atoms with Crippen molar-refractivity contribution in [2.24, 2.45) is 0 Å². The van der Waals surface area contributed by atoms with Crippen LogP contribution in [0.3, 0.4) is 0 Å². The third-order valence-electron chi connectivity index (χ3n) is 2.88. The predicted octanol–water partition coefficient (Wildman–Crippen LogP) is 0.993. The molecule has 1 saturated carbocycles. The van der Waals surface area contributed by atoms with Crippen LogP contribution >= 0.6 is 0 Å². The third-order valence-corrected chi connectivity index (χ3v) is 2.88. The predicted molar refractivity (Wildman–Crippen MR) is 60.1 cm³/mol. The average molecular weight is 217 g/mol. The normalized spacial score (nSPS) is 15.9. The van der Waals surface area contributed by atoms with Crippen molar-refractivity contribution in [2.45, 2.75) is 39.3 Å². The highest BCUT2D eigenvalue weighted by molar-refractivity contribution is 5.39. The highest BCUT2D eigenvalue weighted by Gasteiger charge is 2.21. The Kier molecular flexibility index (Phi) is 2.14. The Balaban J connectivity index is 1.97. The van der Waals surface area contributed by atoms with E-state index in [0.29, 0.717) is 6.04 Å². The lowest BCUT2D eigenvalue weighted by molar-refractivity contribution is 0.647. The Labute approximate surface area is 93.9 Å². The number of nitrogens with one attached hydrogen (secondary N) is 1. The van der Waals surface area contributed by atoms with Gasteiger partial charge in [0.15, 0.2) is 11.5 Å². The van der Waals surface area contributed by atoms with Crippen molar-refractivity contribution < 1.29 is 0 Å². The second-order valence-corrected chi connectivity index (χ2v) is 4.41. The molecule has 2 aromatic rings. The molecule has 5 heteroatoms. The van der Waals surface area contributed by atoms with Gasteiger partial charge >= 0.3 is 0 Å². The van der Waals surface area contributed by atoms with Gasteiger partial charge in [-0.3, -0.25) is 4.40 Å². The van der Waals surface area contributed by atoms with E-state index in [9.17, 15) is 0 Å². The monoisotopic (exact) mass is 217 g/mol. The second kappa shape index (κ2) is 3.52. The number of rotatable bonds is 3. The van der Waals surface area contributed by atoms with Crippen molar-refractivity contribution in [2.75, 3.05) is 0 Å². The Morgan fingerprint density at radius 3 is 2.94 bits per heavy atom. The van der Waals surface area contributed by atoms with Crippen LogP contribution in [0.15, 0.2) is 6.07 Å². The summed E-state index contributed by atoms with van der Waals surface area (Å²) in [6.07, 6.45) is 2.57. The van der Waals surface area contributed by atoms with E-state index < -0.39 is 0 Å². The minimum atomic E-state index is 0.686. The van der Waals surface area contributed by atoms with Gasteiger partial charge in [0, 0.05) is 17.8 Å². The van der Waals surface area contributed by atoms with Gasteiger partial charge in [-0.15, -0.1) is 10.2 Å². The van der Waals surface area contributed by atoms with Crippen molar-refractivity contribution in [3.8, 4) is 0 Å². The summed E-state index contributed by atoms with van der Waals surface area (Å²) in [5, 5.41) is 11.8. The van der Waals surface area contributed by atoms with Crippen LogP contribution in [-0.2, 0) is 6.54 Å². The van der Waals surface area contributed by atoms with Crippen LogP contribution < -0.4 is 5.32 Å². The minimum Gasteiger partial charge on any atom is -0.307 e. The van der Waals surface area contributed by atoms with E-state index >= 15 is 0 Å². The van der Waals surface area contributed by atoms with Crippen molar-refractivity contribution >= 4 is 5.65 Å². The number of hydrogen-bond donors (Lipinski definition) is 1. The first-order valence-corrected chi connectivity index (χ1v) is 5.65. The molecule has 3 rings (SSSR count). The molecule has 2 heterocycles. The smallest absolute Gasteiger partial charge is 0.164 e. The lowest BCUT2D eigenvalue weighted by atomic mass is 10.4. The Hall–Kier alpha value is -1.49. The SMILES string of the molecule is Cc1cc2nnc(CNC3CC3)n2c(C)n1. The summed E-state index contributed by atoms with van der Waals surface area (Å²) < 4.78 is 2.02. The van der Waals surface area contributed by atoms with Gasteiger partial charge < -0.3 is 5.32 Å². The molecule has 2 aromatic heterocycles. The van der Waals surface area contributed by atoms with Gasteiger partial charge in [-0.25, -0.2) is 4.98 Å². The van der Waals surface area contributed by atoms with Crippen LogP contribution in [0.4, 0.5) is 0 Å². The second-order valence-electron chi connectivity index (χ2n) is 4.41. The van der Waals surface area contributed by atoms with E-state index in [1.54, 1.807) is 0 Å². The first kappa shape index (κ1) is 9.72. The molecule has 0 unspecified atom stereocenters. The summed E-state index contributed by atoms with van der Waals surface area (Å²) in [5.41, 5.74) is 1.87. The molecule has 0 bridgehead atoms. The van der Waals surface area contributed by atoms with Crippen LogP contribution in [-0.4, -0.2) is 25.6 Å². The molecule has 1 fully saturated rings. The fourth-order valence-corrected chi connectivity index (χ4v) is 1.94. The number of hydrogen-bond acceptors (Lipinski definition) is 4. The standard InChI is InChI=1S/C11H15N5/c1-7-5-10-14-15-11(6-12-9-3-4-9)16(10)8(2)13-7/h5,9,12H,3-4,6H2,1-2H3. The number of aryl methyl sites for hydroxylation is 2. The quantitative estimate of drug-likeness (QED) is 0.833. The Morgan fingerprint density at radius 2 is 2.19 bits per heavy atom. The van der Waals surface area contributed by atoms with Crippen LogP contribution in [0, 0.1) is 13.8 Å². The number of nitrogens with zero attached hydrogens (tertiary/aromatic N) is 4. The lowest BCUT2D eigenvalue weighted by Crippen LogP contribution is -2.18. The van der Waals surface area contributed by atoms with E-state index in [1.807, 2.05) is 24.3 Å². The highest BCUT2D eigenvalue weighted by atomic mass is 15.3. The topological polar surface area (TPSA) is 55.1 Å². The first-order valence-electron chi connectivity index (χ1n) is 5.65. The zero-order chi connectivity index (χ0) is 11.1. The van der Waals surface area contributed by atoms with Crippen LogP contribution in [0.1, 0.15) is 30.2 Å². The summed E-state index contributed by atoms with van der Waals surface area (Å²) in [4.78, 5) is 4.43. The van der Waals surface area contributed by atoms with Crippen molar-refractivity contribution in [3.05, 3.63) is 23.4 Å². The molecule has 0 radical (unpaired) electrons. The van der Waals surface area contributed by atoms with Crippen molar-refractivity contribution in [1.82, 2.24) is 24.9 Å². The fourth-order valence-electron chi connectivity index (χ4n) is 1.94. The molecule has 16 heavy (non-hydrogen) atoms. The molecule has 0 amide bonds. The molecule has 84 valence electrons. The van der Waals surface area contributed by atoms with Crippen LogP contribution in [0.2, 0.25) is 0 Å². The summed E-state index contributed by atoms with van der Waals surface area (Å²) in [5.74, 6) is 1.90. The lowest BCUT2D eigenvalue weighted by Gasteiger charge is -2.04. The van der Waals surface area contributed by atoms with Gasteiger partial charge in [0.2, 0.25) is 0 Å². The molecule has 0 atom stereocenters. The molecule has 1 aliphatic carbocycles. The van der Waals surface area contributed by atoms with E-state index in [4.69, 9.17) is 0 Å². The summed E-state index contributed by atoms with van der Waals surface area (Å²) in [7, 11) is 0. The fraction of sp³-hybridized carbons (Fsp3) is 0.545. The van der Waals surface area contributed by atoms with Crippen molar-refractivity contribution in [3.63, 3.8) is 0 Å².